The number of piperazine rings is 1. The van der Waals surface area contributed by atoms with E-state index in [0.717, 1.165) is 64.2 Å². The molecule has 1 unspecified atom stereocenters. The fourth-order valence-electron chi connectivity index (χ4n) is 7.13. The number of anilines is 5. The first kappa shape index (κ1) is 31.9. The second-order valence-electron chi connectivity index (χ2n) is 12.8. The van der Waals surface area contributed by atoms with Crippen LogP contribution in [-0.2, 0) is 9.63 Å². The lowest BCUT2D eigenvalue weighted by atomic mass is 10.0. The summed E-state index contributed by atoms with van der Waals surface area (Å²) < 4.78 is 5.89. The smallest absolute Gasteiger partial charge is 0.247 e. The van der Waals surface area contributed by atoms with Gasteiger partial charge < -0.3 is 25.2 Å². The Bertz CT molecular complexity index is 1770. The number of hydrogen-bond donors (Lipinski definition) is 2. The number of aromatic nitrogens is 2. The number of likely N-dealkylation sites (N-methyl/N-ethyl adjacent to an activating group) is 1. The number of amides is 1. The van der Waals surface area contributed by atoms with E-state index in [-0.39, 0.29) is 11.9 Å². The average molecular weight is 649 g/mol. The molecule has 11 nitrogen and oxygen atoms in total. The molecule has 0 radical (unpaired) electrons. The molecule has 0 saturated carbocycles. The largest absolute Gasteiger partial charge is 0.494 e. The molecule has 2 N–H and O–H groups in total. The van der Waals surface area contributed by atoms with Crippen LogP contribution in [0, 0.1) is 0 Å². The summed E-state index contributed by atoms with van der Waals surface area (Å²) in [6, 6.07) is 21.3. The molecule has 7 rings (SSSR count). The first-order chi connectivity index (χ1) is 23.5. The quantitative estimate of drug-likeness (QED) is 0.223. The van der Waals surface area contributed by atoms with Crippen molar-refractivity contribution in [1.82, 2.24) is 19.8 Å². The molecule has 1 aromatic heterocycles. The van der Waals surface area contributed by atoms with E-state index in [4.69, 9.17) is 9.57 Å². The van der Waals surface area contributed by atoms with Crippen molar-refractivity contribution in [3.63, 3.8) is 0 Å². The third-order valence-corrected chi connectivity index (χ3v) is 9.82. The topological polar surface area (TPSA) is 98.3 Å². The molecule has 0 bridgehead atoms. The Morgan fingerprint density at radius 2 is 1.73 bits per heavy atom. The summed E-state index contributed by atoms with van der Waals surface area (Å²) in [6.45, 7) is 10.5. The maximum atomic E-state index is 12.6. The number of nitrogens with one attached hydrogen (secondary N) is 2. The number of fused-ring (bicyclic) bond motifs is 1. The summed E-state index contributed by atoms with van der Waals surface area (Å²) in [6.07, 6.45) is 5.81. The van der Waals surface area contributed by atoms with Gasteiger partial charge >= 0.3 is 0 Å². The number of benzene rings is 3. The molecular weight excluding hydrogens is 604 g/mol. The van der Waals surface area contributed by atoms with Gasteiger partial charge in [-0.1, -0.05) is 43.0 Å². The fourth-order valence-corrected chi connectivity index (χ4v) is 7.13. The molecule has 1 atom stereocenters. The molecule has 11 heteroatoms. The predicted molar refractivity (Wildman–Crippen MR) is 191 cm³/mol. The lowest BCUT2D eigenvalue weighted by Crippen LogP contribution is -2.52. The number of carbonyl (C=O) groups excluding carboxylic acids is 1. The maximum absolute atomic E-state index is 12.6. The minimum Gasteiger partial charge on any atom is -0.494 e. The Kier molecular flexibility index (Phi) is 9.42. The van der Waals surface area contributed by atoms with E-state index in [1.807, 2.05) is 23.3 Å². The lowest BCUT2D eigenvalue weighted by Gasteiger charge is -2.43. The van der Waals surface area contributed by atoms with E-state index in [2.05, 4.69) is 91.4 Å². The molecule has 4 heterocycles. The Morgan fingerprint density at radius 3 is 2.50 bits per heavy atom. The van der Waals surface area contributed by atoms with Crippen molar-refractivity contribution in [2.45, 2.75) is 31.3 Å². The van der Waals surface area contributed by atoms with Gasteiger partial charge in [0.1, 0.15) is 17.9 Å². The maximum Gasteiger partial charge on any atom is 0.247 e. The van der Waals surface area contributed by atoms with Crippen molar-refractivity contribution in [3.8, 4) is 5.75 Å². The van der Waals surface area contributed by atoms with Gasteiger partial charge in [0, 0.05) is 63.9 Å². The molecular formula is C37H44N8O3. The highest BCUT2D eigenvalue weighted by Crippen LogP contribution is 2.41. The van der Waals surface area contributed by atoms with Crippen LogP contribution in [0.25, 0.3) is 10.8 Å². The Labute approximate surface area is 282 Å². The van der Waals surface area contributed by atoms with Gasteiger partial charge in [0.2, 0.25) is 5.91 Å². The normalized spacial score (nSPS) is 19.4. The summed E-state index contributed by atoms with van der Waals surface area (Å²) in [7, 11) is 3.85. The second-order valence-corrected chi connectivity index (χ2v) is 12.8. The molecule has 48 heavy (non-hydrogen) atoms. The first-order valence-corrected chi connectivity index (χ1v) is 16.8. The van der Waals surface area contributed by atoms with Crippen LogP contribution in [0.1, 0.15) is 30.9 Å². The van der Waals surface area contributed by atoms with Crippen LogP contribution >= 0.6 is 0 Å². The number of carbonyl (C=O) groups is 1. The number of nitrogens with zero attached hydrogens (tertiary/aromatic N) is 6. The number of methoxy groups -OCH3 is 1. The van der Waals surface area contributed by atoms with E-state index in [1.165, 1.54) is 28.7 Å². The number of ether oxygens (including phenoxy) is 1. The predicted octanol–water partition coefficient (Wildman–Crippen LogP) is 5.61. The molecule has 1 amide bonds. The van der Waals surface area contributed by atoms with Crippen LogP contribution < -0.4 is 25.3 Å². The van der Waals surface area contributed by atoms with Crippen LogP contribution in [0.5, 0.6) is 5.75 Å². The van der Waals surface area contributed by atoms with Crippen molar-refractivity contribution in [1.29, 1.82) is 0 Å². The molecule has 3 aromatic carbocycles. The number of hydrogen-bond acceptors (Lipinski definition) is 10. The van der Waals surface area contributed by atoms with E-state index in [1.54, 1.807) is 7.11 Å². The minimum atomic E-state index is -0.269. The molecule has 3 saturated heterocycles. The van der Waals surface area contributed by atoms with Crippen molar-refractivity contribution < 1.29 is 14.4 Å². The van der Waals surface area contributed by atoms with Gasteiger partial charge in [-0.25, -0.2) is 15.0 Å². The molecule has 0 aliphatic carbocycles. The number of hydroxylamine groups is 1. The van der Waals surface area contributed by atoms with Crippen molar-refractivity contribution in [3.05, 3.63) is 85.2 Å². The first-order valence-electron chi connectivity index (χ1n) is 16.8. The zero-order valence-electron chi connectivity index (χ0n) is 27.8. The van der Waals surface area contributed by atoms with Gasteiger partial charge in [0.25, 0.3) is 0 Å². The highest BCUT2D eigenvalue weighted by Gasteiger charge is 2.30. The van der Waals surface area contributed by atoms with Crippen molar-refractivity contribution in [2.24, 2.45) is 0 Å². The van der Waals surface area contributed by atoms with Gasteiger partial charge in [0.15, 0.2) is 5.82 Å². The van der Waals surface area contributed by atoms with Gasteiger partial charge in [-0.3, -0.25) is 14.5 Å². The monoisotopic (exact) mass is 648 g/mol. The summed E-state index contributed by atoms with van der Waals surface area (Å²) in [4.78, 5) is 35.1. The lowest BCUT2D eigenvalue weighted by molar-refractivity contribution is -0.111. The number of piperidine rings is 1. The van der Waals surface area contributed by atoms with Gasteiger partial charge in [-0.2, -0.15) is 0 Å². The standard InChI is InChI=1S/C37H44N8O3/c1-4-37(46)41-30-22-31(34(47-3)23-33(30)44-14-11-29(12-15-44)43-18-16-42(2)17-19-43)40-35-24-36(39-25-38-35)45-32(13-20-48-45)28-10-9-26-7-5-6-8-27(26)21-28/h4-10,21-25,29,32H,1,11-20H2,2-3H3,(H,41,46)(H,38,39,40). The van der Waals surface area contributed by atoms with Crippen LogP contribution in [-0.4, -0.2) is 91.7 Å². The molecule has 4 aromatic rings. The molecule has 250 valence electrons. The third kappa shape index (κ3) is 6.80. The third-order valence-electron chi connectivity index (χ3n) is 9.82. The van der Waals surface area contributed by atoms with Crippen LogP contribution in [0.3, 0.4) is 0 Å². The Balaban J connectivity index is 1.11. The van der Waals surface area contributed by atoms with Crippen LogP contribution in [0.4, 0.5) is 28.7 Å². The Hall–Kier alpha value is -4.71. The highest BCUT2D eigenvalue weighted by molar-refractivity contribution is 6.02. The summed E-state index contributed by atoms with van der Waals surface area (Å²) in [5.41, 5.74) is 3.46. The van der Waals surface area contributed by atoms with E-state index in [0.29, 0.717) is 41.4 Å². The molecule has 3 fully saturated rings. The van der Waals surface area contributed by atoms with Crippen molar-refractivity contribution in [2.75, 3.05) is 80.6 Å². The second kappa shape index (κ2) is 14.2. The minimum absolute atomic E-state index is 0.0206. The van der Waals surface area contributed by atoms with Gasteiger partial charge in [0.05, 0.1) is 36.8 Å². The summed E-state index contributed by atoms with van der Waals surface area (Å²) in [5.74, 6) is 1.61. The zero-order chi connectivity index (χ0) is 33.0. The zero-order valence-corrected chi connectivity index (χ0v) is 27.8. The fraction of sp³-hybridized carbons (Fsp3) is 0.378. The molecule has 3 aliphatic rings. The Morgan fingerprint density at radius 1 is 0.938 bits per heavy atom. The SMILES string of the molecule is C=CC(=O)Nc1cc(Nc2cc(N3OCCC3c3ccc4ccccc4c3)ncn2)c(OC)cc1N1CCC(N2CCN(C)CC2)CC1. The average Bonchev–Trinajstić information content (AvgIpc) is 3.62. The van der Waals surface area contributed by atoms with Crippen LogP contribution in [0.2, 0.25) is 0 Å². The van der Waals surface area contributed by atoms with E-state index >= 15 is 0 Å². The summed E-state index contributed by atoms with van der Waals surface area (Å²) in [5, 5.41) is 10.7. The van der Waals surface area contributed by atoms with E-state index in [9.17, 15) is 4.79 Å². The van der Waals surface area contributed by atoms with E-state index < -0.39 is 0 Å². The van der Waals surface area contributed by atoms with Gasteiger partial charge in [-0.05, 0) is 54.4 Å². The molecule has 0 spiro atoms. The highest BCUT2D eigenvalue weighted by atomic mass is 16.7. The summed E-state index contributed by atoms with van der Waals surface area (Å²) >= 11 is 0. The van der Waals surface area contributed by atoms with Crippen molar-refractivity contribution >= 4 is 45.4 Å². The van der Waals surface area contributed by atoms with Crippen LogP contribution in [0.15, 0.2) is 79.6 Å². The number of rotatable bonds is 9. The van der Waals surface area contributed by atoms with Gasteiger partial charge in [-0.15, -0.1) is 0 Å². The molecule has 3 aliphatic heterocycles.